The first-order valence-electron chi connectivity index (χ1n) is 5.41. The number of hydrogen-bond donors (Lipinski definition) is 2. The Bertz CT molecular complexity index is 610. The lowest BCUT2D eigenvalue weighted by molar-refractivity contribution is -0.115. The molecule has 0 aliphatic rings. The molecule has 2 aromatic rings. The van der Waals surface area contributed by atoms with E-state index in [4.69, 9.17) is 5.11 Å². The van der Waals surface area contributed by atoms with Gasteiger partial charge in [-0.05, 0) is 29.6 Å². The van der Waals surface area contributed by atoms with Crippen LogP contribution >= 0.6 is 11.3 Å². The Hall–Kier alpha value is -2.21. The maximum absolute atomic E-state index is 13.1. The van der Waals surface area contributed by atoms with E-state index < -0.39 is 11.8 Å². The van der Waals surface area contributed by atoms with Gasteiger partial charge in [-0.2, -0.15) is 0 Å². The molecule has 1 heterocycles. The molecule has 0 atom stereocenters. The normalized spacial score (nSPS) is 10.2. The van der Waals surface area contributed by atoms with E-state index in [9.17, 15) is 14.0 Å². The van der Waals surface area contributed by atoms with Gasteiger partial charge in [-0.3, -0.25) is 4.79 Å². The van der Waals surface area contributed by atoms with Crippen molar-refractivity contribution in [2.24, 2.45) is 0 Å². The highest BCUT2D eigenvalue weighted by atomic mass is 32.1. The Morgan fingerprint density at radius 2 is 2.11 bits per heavy atom. The molecule has 1 aromatic heterocycles. The molecule has 0 fully saturated rings. The Labute approximate surface area is 112 Å². The number of carbonyl (C=O) groups excluding carboxylic acids is 1. The first-order valence-corrected chi connectivity index (χ1v) is 6.29. The number of hydrogen-bond acceptors (Lipinski definition) is 3. The van der Waals surface area contributed by atoms with Crippen molar-refractivity contribution in [3.8, 4) is 0 Å². The number of thiophene rings is 1. The highest BCUT2D eigenvalue weighted by Gasteiger charge is 2.13. The van der Waals surface area contributed by atoms with Crippen molar-refractivity contribution in [1.82, 2.24) is 0 Å². The summed E-state index contributed by atoms with van der Waals surface area (Å²) in [5.74, 6) is -2.20. The number of rotatable bonds is 4. The van der Waals surface area contributed by atoms with Crippen LogP contribution in [0.4, 0.5) is 10.1 Å². The van der Waals surface area contributed by atoms with Crippen LogP contribution in [0.25, 0.3) is 0 Å². The van der Waals surface area contributed by atoms with Crippen molar-refractivity contribution in [3.63, 3.8) is 0 Å². The van der Waals surface area contributed by atoms with Crippen LogP contribution in [0.5, 0.6) is 0 Å². The number of benzene rings is 1. The van der Waals surface area contributed by atoms with Crippen molar-refractivity contribution in [1.29, 1.82) is 0 Å². The second kappa shape index (κ2) is 5.62. The van der Waals surface area contributed by atoms with Crippen molar-refractivity contribution in [2.75, 3.05) is 5.32 Å². The molecule has 1 aromatic carbocycles. The molecule has 0 aliphatic heterocycles. The van der Waals surface area contributed by atoms with Crippen LogP contribution in [0.1, 0.15) is 15.2 Å². The molecule has 19 heavy (non-hydrogen) atoms. The van der Waals surface area contributed by atoms with E-state index in [-0.39, 0.29) is 23.6 Å². The van der Waals surface area contributed by atoms with Gasteiger partial charge in [-0.25, -0.2) is 9.18 Å². The second-order valence-corrected chi connectivity index (χ2v) is 4.83. The lowest BCUT2D eigenvalue weighted by atomic mass is 10.1. The van der Waals surface area contributed by atoms with Gasteiger partial charge in [0.15, 0.2) is 0 Å². The van der Waals surface area contributed by atoms with Crippen molar-refractivity contribution < 1.29 is 19.1 Å². The zero-order valence-corrected chi connectivity index (χ0v) is 10.5. The highest BCUT2D eigenvalue weighted by molar-refractivity contribution is 7.10. The molecule has 0 aliphatic carbocycles. The van der Waals surface area contributed by atoms with E-state index in [1.54, 1.807) is 6.07 Å². The average Bonchev–Trinajstić information content (AvgIpc) is 2.81. The maximum Gasteiger partial charge on any atom is 0.337 e. The number of carbonyl (C=O) groups is 2. The fraction of sp³-hybridized carbons (Fsp3) is 0.0769. The topological polar surface area (TPSA) is 66.4 Å². The molecule has 0 unspecified atom stereocenters. The predicted molar refractivity (Wildman–Crippen MR) is 70.0 cm³/mol. The summed E-state index contributed by atoms with van der Waals surface area (Å²) in [6.45, 7) is 0. The number of aromatic carboxylic acids is 1. The van der Waals surface area contributed by atoms with Crippen molar-refractivity contribution in [2.45, 2.75) is 6.42 Å². The molecule has 0 saturated heterocycles. The SMILES string of the molecule is O=C(Cc1cccs1)Nc1cc(F)ccc1C(=O)O. The number of anilines is 1. The van der Waals surface area contributed by atoms with Crippen LogP contribution in [0, 0.1) is 5.82 Å². The van der Waals surface area contributed by atoms with Gasteiger partial charge >= 0.3 is 5.97 Å². The number of amides is 1. The third-order valence-electron chi connectivity index (χ3n) is 2.40. The smallest absolute Gasteiger partial charge is 0.337 e. The molecule has 6 heteroatoms. The van der Waals surface area contributed by atoms with Crippen LogP contribution in [0.2, 0.25) is 0 Å². The molecule has 0 saturated carbocycles. The minimum Gasteiger partial charge on any atom is -0.478 e. The molecular formula is C13H10FNO3S. The minimum atomic E-state index is -1.22. The number of halogens is 1. The van der Waals surface area contributed by atoms with Crippen molar-refractivity contribution in [3.05, 3.63) is 52.0 Å². The maximum atomic E-state index is 13.1. The monoisotopic (exact) mass is 279 g/mol. The quantitative estimate of drug-likeness (QED) is 0.904. The van der Waals surface area contributed by atoms with Crippen LogP contribution in [0.15, 0.2) is 35.7 Å². The number of carboxylic acid groups (broad SMARTS) is 1. The molecule has 1 amide bonds. The molecule has 2 N–H and O–H groups in total. The van der Waals surface area contributed by atoms with Crippen LogP contribution in [-0.2, 0) is 11.2 Å². The summed E-state index contributed by atoms with van der Waals surface area (Å²) in [4.78, 5) is 23.6. The summed E-state index contributed by atoms with van der Waals surface area (Å²) in [6, 6.07) is 6.78. The van der Waals surface area contributed by atoms with Gasteiger partial charge in [0.05, 0.1) is 17.7 Å². The largest absolute Gasteiger partial charge is 0.478 e. The van der Waals surface area contributed by atoms with E-state index in [1.165, 1.54) is 11.3 Å². The molecule has 0 bridgehead atoms. The zero-order valence-electron chi connectivity index (χ0n) is 9.72. The zero-order chi connectivity index (χ0) is 13.8. The summed E-state index contributed by atoms with van der Waals surface area (Å²) in [6.07, 6.45) is 0.132. The molecule has 0 spiro atoms. The summed E-state index contributed by atoms with van der Waals surface area (Å²) >= 11 is 1.42. The van der Waals surface area contributed by atoms with Gasteiger partial charge in [-0.15, -0.1) is 11.3 Å². The Morgan fingerprint density at radius 1 is 1.32 bits per heavy atom. The van der Waals surface area contributed by atoms with E-state index in [0.29, 0.717) is 0 Å². The van der Waals surface area contributed by atoms with Crippen molar-refractivity contribution >= 4 is 28.9 Å². The minimum absolute atomic E-state index is 0.0333. The van der Waals surface area contributed by atoms with Gasteiger partial charge in [0, 0.05) is 4.88 Å². The van der Waals surface area contributed by atoms with E-state index in [2.05, 4.69) is 5.32 Å². The van der Waals surface area contributed by atoms with Gasteiger partial charge in [0.2, 0.25) is 5.91 Å². The number of carboxylic acids is 1. The lowest BCUT2D eigenvalue weighted by Crippen LogP contribution is -2.16. The molecular weight excluding hydrogens is 269 g/mol. The van der Waals surface area contributed by atoms with Gasteiger partial charge in [0.25, 0.3) is 0 Å². The van der Waals surface area contributed by atoms with Crippen LogP contribution < -0.4 is 5.32 Å². The summed E-state index contributed by atoms with van der Waals surface area (Å²) in [5, 5.41) is 13.2. The highest BCUT2D eigenvalue weighted by Crippen LogP contribution is 2.18. The molecule has 2 rings (SSSR count). The summed E-state index contributed by atoms with van der Waals surface area (Å²) in [5.41, 5.74) is -0.171. The second-order valence-electron chi connectivity index (χ2n) is 3.80. The Balaban J connectivity index is 2.16. The number of nitrogens with one attached hydrogen (secondary N) is 1. The fourth-order valence-electron chi connectivity index (χ4n) is 1.57. The van der Waals surface area contributed by atoms with Crippen LogP contribution in [-0.4, -0.2) is 17.0 Å². The average molecular weight is 279 g/mol. The molecule has 4 nitrogen and oxygen atoms in total. The Kier molecular flexibility index (Phi) is 3.91. The summed E-state index contributed by atoms with van der Waals surface area (Å²) < 4.78 is 13.1. The Morgan fingerprint density at radius 3 is 2.74 bits per heavy atom. The summed E-state index contributed by atoms with van der Waals surface area (Å²) in [7, 11) is 0. The first-order chi connectivity index (χ1) is 9.06. The molecule has 0 radical (unpaired) electrons. The van der Waals surface area contributed by atoms with E-state index in [1.807, 2.05) is 11.4 Å². The third kappa shape index (κ3) is 3.38. The molecule has 98 valence electrons. The first kappa shape index (κ1) is 13.2. The van der Waals surface area contributed by atoms with Gasteiger partial charge in [-0.1, -0.05) is 6.07 Å². The van der Waals surface area contributed by atoms with Gasteiger partial charge in [0.1, 0.15) is 5.82 Å². The standard InChI is InChI=1S/C13H10FNO3S/c14-8-3-4-10(13(17)18)11(6-8)15-12(16)7-9-2-1-5-19-9/h1-6H,7H2,(H,15,16)(H,17,18). The lowest BCUT2D eigenvalue weighted by Gasteiger charge is -2.08. The van der Waals surface area contributed by atoms with Crippen LogP contribution in [0.3, 0.4) is 0 Å². The third-order valence-corrected chi connectivity index (χ3v) is 3.28. The van der Waals surface area contributed by atoms with E-state index in [0.717, 1.165) is 23.1 Å². The predicted octanol–water partition coefficient (Wildman–Crippen LogP) is 2.77. The van der Waals surface area contributed by atoms with Gasteiger partial charge < -0.3 is 10.4 Å². The fourth-order valence-corrected chi connectivity index (χ4v) is 2.28. The van der Waals surface area contributed by atoms with E-state index >= 15 is 0 Å².